The van der Waals surface area contributed by atoms with Gasteiger partial charge in [0, 0.05) is 0 Å². The average molecular weight is 259 g/mol. The van der Waals surface area contributed by atoms with E-state index in [4.69, 9.17) is 24.8 Å². The van der Waals surface area contributed by atoms with Gasteiger partial charge in [-0.05, 0) is 0 Å². The third kappa shape index (κ3) is 6.70. The molecule has 0 aliphatic carbocycles. The van der Waals surface area contributed by atoms with E-state index in [0.29, 0.717) is 0 Å². The van der Waals surface area contributed by atoms with Gasteiger partial charge in [0.1, 0.15) is 0 Å². The molecule has 0 N–H and O–H groups in total. The minimum atomic E-state index is -3.44. The molecule has 0 aliphatic rings. The molecule has 0 fully saturated rings. The van der Waals surface area contributed by atoms with E-state index < -0.39 is 6.64 Å². The molecule has 0 radical (unpaired) electrons. The van der Waals surface area contributed by atoms with Crippen molar-refractivity contribution in [2.24, 2.45) is 0 Å². The summed E-state index contributed by atoms with van der Waals surface area (Å²) in [7, 11) is 0. The monoisotopic (exact) mass is 258 g/mol. The molecule has 0 atom stereocenters. The molecule has 0 amide bonds. The summed E-state index contributed by atoms with van der Waals surface area (Å²) in [6.45, 7) is 9.79. The molecule has 0 unspecified atom stereocenters. The summed E-state index contributed by atoms with van der Waals surface area (Å²) < 4.78 is 17.1. The second-order valence-corrected chi connectivity index (χ2v) is 9.79. The molecule has 5 heteroatoms. The Morgan fingerprint density at radius 3 is 1.07 bits per heavy atom. The molecule has 0 aromatic rings. The van der Waals surface area contributed by atoms with E-state index in [-0.39, 0.29) is 18.3 Å². The summed E-state index contributed by atoms with van der Waals surface area (Å²) in [6, 6.07) is 0. The van der Waals surface area contributed by atoms with Gasteiger partial charge in [-0.25, -0.2) is 0 Å². The summed E-state index contributed by atoms with van der Waals surface area (Å²) in [6.07, 6.45) is -0.0759. The molecule has 0 rings (SSSR count). The van der Waals surface area contributed by atoms with Crippen molar-refractivity contribution >= 4 is 17.9 Å². The third-order valence-corrected chi connectivity index (χ3v) is 4.70. The molecule has 0 heterocycles. The molecular weight excluding hydrogens is 235 g/mol. The number of rotatable bonds is 6. The topological polar surface area (TPSA) is 27.7 Å². The van der Waals surface area contributed by atoms with Crippen LogP contribution in [0, 0.1) is 0 Å². The zero-order valence-electron chi connectivity index (χ0n) is 10.8. The van der Waals surface area contributed by atoms with Crippen LogP contribution >= 0.6 is 17.9 Å². The molecule has 0 saturated heterocycles. The predicted octanol–water partition coefficient (Wildman–Crippen LogP) is 4.34. The van der Waals surface area contributed by atoms with Crippen LogP contribution in [-0.4, -0.2) is 25.0 Å². The fourth-order valence-electron chi connectivity index (χ4n) is 1.46. The molecular formula is C10H24ClO3P. The second kappa shape index (κ2) is 5.29. The van der Waals surface area contributed by atoms with Crippen molar-refractivity contribution in [3.8, 4) is 0 Å². The van der Waals surface area contributed by atoms with Crippen LogP contribution in [0.2, 0.25) is 0 Å². The van der Waals surface area contributed by atoms with Crippen LogP contribution in [0.1, 0.15) is 41.5 Å². The maximum atomic E-state index is 6.44. The Morgan fingerprint density at radius 2 is 0.933 bits per heavy atom. The van der Waals surface area contributed by atoms with Gasteiger partial charge in [-0.2, -0.15) is 0 Å². The standard InChI is InChI=1S/C10H24ClO3P/c1-8(2)12-15(7,11,13-9(3)4)14-10(5)6/h8-10H,1-7H3. The van der Waals surface area contributed by atoms with E-state index in [1.165, 1.54) is 0 Å². The normalized spacial score (nSPS) is 16.1. The summed E-state index contributed by atoms with van der Waals surface area (Å²) in [5.74, 6) is 0. The van der Waals surface area contributed by atoms with Crippen LogP contribution in [0.15, 0.2) is 0 Å². The van der Waals surface area contributed by atoms with Gasteiger partial charge in [0.25, 0.3) is 0 Å². The van der Waals surface area contributed by atoms with Gasteiger partial charge in [-0.1, -0.05) is 0 Å². The van der Waals surface area contributed by atoms with E-state index in [1.54, 1.807) is 6.66 Å². The van der Waals surface area contributed by atoms with Crippen molar-refractivity contribution < 1.29 is 13.6 Å². The third-order valence-electron chi connectivity index (χ3n) is 1.33. The van der Waals surface area contributed by atoms with Crippen LogP contribution in [0.25, 0.3) is 0 Å². The van der Waals surface area contributed by atoms with Crippen molar-refractivity contribution in [1.29, 1.82) is 0 Å². The quantitative estimate of drug-likeness (QED) is 0.663. The Morgan fingerprint density at radius 1 is 0.733 bits per heavy atom. The van der Waals surface area contributed by atoms with Crippen molar-refractivity contribution in [3.05, 3.63) is 0 Å². The molecule has 0 spiro atoms. The fraction of sp³-hybridized carbons (Fsp3) is 1.00. The van der Waals surface area contributed by atoms with Gasteiger partial charge >= 0.3 is 98.0 Å². The van der Waals surface area contributed by atoms with Gasteiger partial charge in [0.05, 0.1) is 0 Å². The van der Waals surface area contributed by atoms with Gasteiger partial charge in [0.2, 0.25) is 0 Å². The van der Waals surface area contributed by atoms with Crippen LogP contribution in [0.3, 0.4) is 0 Å². The zero-order chi connectivity index (χ0) is 12.3. The van der Waals surface area contributed by atoms with Crippen LogP contribution in [0.4, 0.5) is 0 Å². The fourth-order valence-corrected chi connectivity index (χ4v) is 5.82. The number of halogens is 1. The first-order valence-electron chi connectivity index (χ1n) is 5.34. The van der Waals surface area contributed by atoms with Crippen molar-refractivity contribution in [2.75, 3.05) is 6.66 Å². The summed E-state index contributed by atoms with van der Waals surface area (Å²) in [5.41, 5.74) is 0. The molecule has 15 heavy (non-hydrogen) atoms. The Labute approximate surface area is 98.4 Å². The van der Waals surface area contributed by atoms with E-state index in [0.717, 1.165) is 0 Å². The summed E-state index contributed by atoms with van der Waals surface area (Å²) >= 11 is 6.44. The molecule has 0 aromatic heterocycles. The Kier molecular flexibility index (Phi) is 5.50. The molecule has 0 aromatic carbocycles. The minimum absolute atomic E-state index is 0.0253. The molecule has 3 nitrogen and oxygen atoms in total. The van der Waals surface area contributed by atoms with Gasteiger partial charge in [0.15, 0.2) is 0 Å². The Hall–Kier alpha value is 0.600. The van der Waals surface area contributed by atoms with Crippen LogP contribution in [0.5, 0.6) is 0 Å². The number of hydrogen-bond donors (Lipinski definition) is 0. The molecule has 94 valence electrons. The van der Waals surface area contributed by atoms with Crippen LogP contribution in [-0.2, 0) is 13.6 Å². The molecule has 0 saturated carbocycles. The van der Waals surface area contributed by atoms with Crippen LogP contribution < -0.4 is 0 Å². The first kappa shape index (κ1) is 15.6. The van der Waals surface area contributed by atoms with Gasteiger partial charge < -0.3 is 0 Å². The van der Waals surface area contributed by atoms with E-state index >= 15 is 0 Å². The molecule has 0 aliphatic heterocycles. The Balaban J connectivity index is 4.79. The van der Waals surface area contributed by atoms with Gasteiger partial charge in [-0.3, -0.25) is 0 Å². The number of hydrogen-bond acceptors (Lipinski definition) is 3. The predicted molar refractivity (Wildman–Crippen MR) is 67.4 cm³/mol. The summed E-state index contributed by atoms with van der Waals surface area (Å²) in [5, 5.41) is 0. The van der Waals surface area contributed by atoms with E-state index in [1.807, 2.05) is 41.5 Å². The van der Waals surface area contributed by atoms with E-state index in [9.17, 15) is 0 Å². The molecule has 0 bridgehead atoms. The maximum absolute atomic E-state index is 6.44. The van der Waals surface area contributed by atoms with E-state index in [2.05, 4.69) is 0 Å². The van der Waals surface area contributed by atoms with Crippen molar-refractivity contribution in [2.45, 2.75) is 59.9 Å². The zero-order valence-corrected chi connectivity index (χ0v) is 12.4. The first-order chi connectivity index (χ1) is 6.53. The first-order valence-corrected chi connectivity index (χ1v) is 8.68. The Bertz CT molecular complexity index is 172. The summed E-state index contributed by atoms with van der Waals surface area (Å²) in [4.78, 5) is 0. The average Bonchev–Trinajstić information content (AvgIpc) is 1.74. The van der Waals surface area contributed by atoms with Crippen molar-refractivity contribution in [1.82, 2.24) is 0 Å². The van der Waals surface area contributed by atoms with Gasteiger partial charge in [-0.15, -0.1) is 0 Å². The SMILES string of the molecule is CC(C)OP(C)(Cl)(OC(C)C)OC(C)C. The van der Waals surface area contributed by atoms with Crippen molar-refractivity contribution in [3.63, 3.8) is 0 Å². The second-order valence-electron chi connectivity index (χ2n) is 4.61.